The highest BCUT2D eigenvalue weighted by molar-refractivity contribution is 5.81. The summed E-state index contributed by atoms with van der Waals surface area (Å²) in [5.74, 6) is -0.162. The summed E-state index contributed by atoms with van der Waals surface area (Å²) in [6.07, 6.45) is 3.70. The minimum atomic E-state index is -0.202. The Bertz CT molecular complexity index is 1020. The quantitative estimate of drug-likeness (QED) is 0.653. The first-order valence-corrected chi connectivity index (χ1v) is 9.48. The molecule has 0 radical (unpaired) electrons. The van der Waals surface area contributed by atoms with Gasteiger partial charge in [0.1, 0.15) is 6.54 Å². The zero-order valence-electron chi connectivity index (χ0n) is 16.2. The third kappa shape index (κ3) is 3.94. The Morgan fingerprint density at radius 3 is 2.67 bits per heavy atom. The van der Waals surface area contributed by atoms with E-state index < -0.39 is 0 Å². The number of carbonyl (C=O) groups is 1. The molecule has 0 aliphatic rings. The number of nitrogens with one attached hydrogen (secondary N) is 1. The molecule has 0 aliphatic carbocycles. The molecular formula is C21H26N4O2. The summed E-state index contributed by atoms with van der Waals surface area (Å²) in [4.78, 5) is 29.5. The van der Waals surface area contributed by atoms with E-state index in [1.165, 1.54) is 10.1 Å². The predicted octanol–water partition coefficient (Wildman–Crippen LogP) is 3.11. The van der Waals surface area contributed by atoms with E-state index in [0.29, 0.717) is 18.7 Å². The van der Waals surface area contributed by atoms with Gasteiger partial charge in [0, 0.05) is 24.8 Å². The van der Waals surface area contributed by atoms with Gasteiger partial charge in [0.05, 0.1) is 5.52 Å². The van der Waals surface area contributed by atoms with E-state index in [9.17, 15) is 9.59 Å². The van der Waals surface area contributed by atoms with Crippen LogP contribution in [0.2, 0.25) is 0 Å². The zero-order chi connectivity index (χ0) is 19.4. The van der Waals surface area contributed by atoms with Gasteiger partial charge in [-0.15, -0.1) is 0 Å². The molecule has 0 saturated heterocycles. The number of carbonyl (C=O) groups excluding carboxylic acids is 1. The number of rotatable bonds is 7. The molecule has 0 atom stereocenters. The van der Waals surface area contributed by atoms with Gasteiger partial charge in [0.15, 0.2) is 5.65 Å². The first-order valence-electron chi connectivity index (χ1n) is 9.48. The number of pyridine rings is 1. The van der Waals surface area contributed by atoms with Crippen molar-refractivity contribution in [3.8, 4) is 11.1 Å². The maximum Gasteiger partial charge on any atom is 0.330 e. The Kier molecular flexibility index (Phi) is 5.74. The highest BCUT2D eigenvalue weighted by atomic mass is 16.2. The fourth-order valence-electron chi connectivity index (χ4n) is 3.23. The first kappa shape index (κ1) is 18.9. The van der Waals surface area contributed by atoms with Gasteiger partial charge in [-0.2, -0.15) is 0 Å². The zero-order valence-corrected chi connectivity index (χ0v) is 16.2. The second kappa shape index (κ2) is 8.20. The average Bonchev–Trinajstić information content (AvgIpc) is 2.92. The second-order valence-electron chi connectivity index (χ2n) is 6.75. The van der Waals surface area contributed by atoms with E-state index in [-0.39, 0.29) is 18.1 Å². The number of benzene rings is 1. The molecule has 3 rings (SSSR count). The Morgan fingerprint density at radius 1 is 1.15 bits per heavy atom. The van der Waals surface area contributed by atoms with E-state index in [4.69, 9.17) is 0 Å². The summed E-state index contributed by atoms with van der Waals surface area (Å²) in [5.41, 5.74) is 4.28. The van der Waals surface area contributed by atoms with Crippen molar-refractivity contribution in [3.05, 3.63) is 52.6 Å². The molecule has 142 valence electrons. The molecule has 0 spiro atoms. The second-order valence-corrected chi connectivity index (χ2v) is 6.75. The summed E-state index contributed by atoms with van der Waals surface area (Å²) in [7, 11) is 0. The topological polar surface area (TPSA) is 68.9 Å². The van der Waals surface area contributed by atoms with Crippen LogP contribution in [0.3, 0.4) is 0 Å². The normalized spacial score (nSPS) is 11.1. The van der Waals surface area contributed by atoms with E-state index in [1.54, 1.807) is 10.8 Å². The fraction of sp³-hybridized carbons (Fsp3) is 0.381. The van der Waals surface area contributed by atoms with Crippen LogP contribution in [0.25, 0.3) is 22.3 Å². The van der Waals surface area contributed by atoms with Crippen molar-refractivity contribution in [2.24, 2.45) is 0 Å². The molecule has 2 aromatic heterocycles. The molecule has 27 heavy (non-hydrogen) atoms. The Balaban J connectivity index is 2.00. The van der Waals surface area contributed by atoms with Gasteiger partial charge in [-0.1, -0.05) is 43.2 Å². The smallest absolute Gasteiger partial charge is 0.330 e. The number of hydrogen-bond acceptors (Lipinski definition) is 3. The molecule has 1 aromatic carbocycles. The monoisotopic (exact) mass is 366 g/mol. The van der Waals surface area contributed by atoms with Gasteiger partial charge in [-0.05, 0) is 31.9 Å². The van der Waals surface area contributed by atoms with Crippen molar-refractivity contribution in [2.75, 3.05) is 6.54 Å². The lowest BCUT2D eigenvalue weighted by atomic mass is 10.1. The first-order chi connectivity index (χ1) is 13.0. The molecule has 2 heterocycles. The van der Waals surface area contributed by atoms with Gasteiger partial charge in [0.2, 0.25) is 5.91 Å². The lowest BCUT2D eigenvalue weighted by molar-refractivity contribution is -0.121. The van der Waals surface area contributed by atoms with Gasteiger partial charge in [0.25, 0.3) is 0 Å². The van der Waals surface area contributed by atoms with Crippen LogP contribution in [0.5, 0.6) is 0 Å². The van der Waals surface area contributed by atoms with Crippen molar-refractivity contribution in [1.29, 1.82) is 0 Å². The Hall–Kier alpha value is -2.89. The number of fused-ring (bicyclic) bond motifs is 1. The Morgan fingerprint density at radius 2 is 1.96 bits per heavy atom. The standard InChI is InChI=1S/C21H26N4O2/c1-4-6-10-22-19(26)14-25-20-18(24(5-2)21(25)27)12-17(13-23-20)16-9-7-8-15(3)11-16/h7-9,11-13H,4-6,10,14H2,1-3H3,(H,22,26). The summed E-state index contributed by atoms with van der Waals surface area (Å²) in [6, 6.07) is 10.2. The number of amides is 1. The molecule has 0 unspecified atom stereocenters. The molecule has 0 fully saturated rings. The molecule has 3 aromatic rings. The number of aromatic nitrogens is 3. The molecule has 1 N–H and O–H groups in total. The highest BCUT2D eigenvalue weighted by Crippen LogP contribution is 2.23. The van der Waals surface area contributed by atoms with E-state index in [0.717, 1.165) is 29.5 Å². The van der Waals surface area contributed by atoms with Crippen LogP contribution in [0.1, 0.15) is 32.3 Å². The van der Waals surface area contributed by atoms with Crippen molar-refractivity contribution >= 4 is 17.1 Å². The lowest BCUT2D eigenvalue weighted by Gasteiger charge is -2.06. The fourth-order valence-corrected chi connectivity index (χ4v) is 3.23. The van der Waals surface area contributed by atoms with Crippen LogP contribution < -0.4 is 11.0 Å². The molecular weight excluding hydrogens is 340 g/mol. The largest absolute Gasteiger partial charge is 0.355 e. The number of nitrogens with zero attached hydrogens (tertiary/aromatic N) is 3. The van der Waals surface area contributed by atoms with Gasteiger partial charge in [-0.25, -0.2) is 9.78 Å². The third-order valence-electron chi connectivity index (χ3n) is 4.68. The number of imidazole rings is 1. The Labute approximate surface area is 158 Å². The van der Waals surface area contributed by atoms with Crippen molar-refractivity contribution in [2.45, 2.75) is 46.7 Å². The summed E-state index contributed by atoms with van der Waals surface area (Å²) in [5, 5.41) is 2.86. The maximum atomic E-state index is 12.8. The number of unbranched alkanes of at least 4 members (excludes halogenated alkanes) is 1. The average molecular weight is 366 g/mol. The molecule has 6 heteroatoms. The van der Waals surface area contributed by atoms with Crippen LogP contribution in [-0.4, -0.2) is 26.6 Å². The molecule has 0 aliphatic heterocycles. The number of aryl methyl sites for hydroxylation is 2. The predicted molar refractivity (Wildman–Crippen MR) is 108 cm³/mol. The molecule has 0 bridgehead atoms. The van der Waals surface area contributed by atoms with Crippen LogP contribution in [0, 0.1) is 6.92 Å². The van der Waals surface area contributed by atoms with Crippen LogP contribution in [0.15, 0.2) is 41.3 Å². The van der Waals surface area contributed by atoms with Crippen molar-refractivity contribution in [3.63, 3.8) is 0 Å². The van der Waals surface area contributed by atoms with Gasteiger partial charge in [-0.3, -0.25) is 13.9 Å². The maximum absolute atomic E-state index is 12.8. The van der Waals surface area contributed by atoms with Gasteiger partial charge < -0.3 is 5.32 Å². The van der Waals surface area contributed by atoms with Crippen LogP contribution in [0.4, 0.5) is 0 Å². The minimum Gasteiger partial charge on any atom is -0.355 e. The molecule has 1 amide bonds. The van der Waals surface area contributed by atoms with E-state index in [1.807, 2.05) is 38.1 Å². The summed E-state index contributed by atoms with van der Waals surface area (Å²) >= 11 is 0. The third-order valence-corrected chi connectivity index (χ3v) is 4.68. The van der Waals surface area contributed by atoms with Gasteiger partial charge >= 0.3 is 5.69 Å². The SMILES string of the molecule is CCCCNC(=O)Cn1c(=O)n(CC)c2cc(-c3cccc(C)c3)cnc21. The highest BCUT2D eigenvalue weighted by Gasteiger charge is 2.16. The summed E-state index contributed by atoms with van der Waals surface area (Å²) < 4.78 is 3.13. The molecule has 0 saturated carbocycles. The number of hydrogen-bond donors (Lipinski definition) is 1. The lowest BCUT2D eigenvalue weighted by Crippen LogP contribution is -2.33. The van der Waals surface area contributed by atoms with Crippen LogP contribution >= 0.6 is 0 Å². The van der Waals surface area contributed by atoms with Crippen LogP contribution in [-0.2, 0) is 17.9 Å². The van der Waals surface area contributed by atoms with Crippen molar-refractivity contribution < 1.29 is 4.79 Å². The van der Waals surface area contributed by atoms with E-state index >= 15 is 0 Å². The minimum absolute atomic E-state index is 0.0111. The van der Waals surface area contributed by atoms with Crippen molar-refractivity contribution in [1.82, 2.24) is 19.4 Å². The summed E-state index contributed by atoms with van der Waals surface area (Å²) in [6.45, 7) is 7.18. The molecule has 6 nitrogen and oxygen atoms in total. The van der Waals surface area contributed by atoms with E-state index in [2.05, 4.69) is 23.3 Å².